The van der Waals surface area contributed by atoms with Gasteiger partial charge in [0, 0.05) is 95.9 Å². The SMILES string of the molecule is C#Cc1cc(OC2CCN(C(C)C)CC2)c2nc(Nc3cccc(N4CCOCC4)c3)ncc2c1.CC(C)N1CCC(Oc2cc(Br)cc3cnc(Cl)nc23)CC1. The van der Waals surface area contributed by atoms with Gasteiger partial charge in [-0.25, -0.2) is 19.9 Å². The Labute approximate surface area is 349 Å². The fraction of sp³-hybridized carbons (Fsp3) is 0.455. The van der Waals surface area contributed by atoms with Gasteiger partial charge in [-0.05, 0) is 107 Å². The van der Waals surface area contributed by atoms with Gasteiger partial charge in [-0.2, -0.15) is 0 Å². The van der Waals surface area contributed by atoms with Gasteiger partial charge in [0.25, 0.3) is 0 Å². The Balaban J connectivity index is 0.000000194. The molecule has 0 aliphatic carbocycles. The summed E-state index contributed by atoms with van der Waals surface area (Å²) in [5, 5.41) is 5.42. The minimum atomic E-state index is 0.151. The summed E-state index contributed by atoms with van der Waals surface area (Å²) in [4.78, 5) is 25.1. The average molecular weight is 856 g/mol. The van der Waals surface area contributed by atoms with Crippen LogP contribution in [0, 0.1) is 12.3 Å². The summed E-state index contributed by atoms with van der Waals surface area (Å²) in [5.74, 6) is 4.77. The number of nitrogens with one attached hydrogen (secondary N) is 1. The molecule has 5 aromatic rings. The van der Waals surface area contributed by atoms with E-state index < -0.39 is 0 Å². The monoisotopic (exact) mass is 854 g/mol. The summed E-state index contributed by atoms with van der Waals surface area (Å²) < 4.78 is 19.2. The van der Waals surface area contributed by atoms with Gasteiger partial charge in [-0.3, -0.25) is 0 Å². The lowest BCUT2D eigenvalue weighted by molar-refractivity contribution is 0.0850. The molecule has 0 atom stereocenters. The summed E-state index contributed by atoms with van der Waals surface area (Å²) in [7, 11) is 0. The molecule has 5 heterocycles. The molecule has 57 heavy (non-hydrogen) atoms. The molecule has 2 aromatic heterocycles. The first kappa shape index (κ1) is 40.9. The van der Waals surface area contributed by atoms with Crippen LogP contribution in [0.3, 0.4) is 0 Å². The molecule has 3 fully saturated rings. The fourth-order valence-electron chi connectivity index (χ4n) is 7.60. The summed E-state index contributed by atoms with van der Waals surface area (Å²) in [6.45, 7) is 16.5. The van der Waals surface area contributed by atoms with Crippen LogP contribution in [0.4, 0.5) is 17.3 Å². The second-order valence-corrected chi connectivity index (χ2v) is 16.7. The van der Waals surface area contributed by atoms with E-state index in [2.05, 4.69) is 96.6 Å². The first-order chi connectivity index (χ1) is 27.6. The van der Waals surface area contributed by atoms with Gasteiger partial charge in [0.15, 0.2) is 0 Å². The molecule has 3 saturated heterocycles. The molecule has 11 nitrogen and oxygen atoms in total. The van der Waals surface area contributed by atoms with Crippen molar-refractivity contribution < 1.29 is 14.2 Å². The molecule has 0 amide bonds. The third kappa shape index (κ3) is 10.6. The maximum Gasteiger partial charge on any atom is 0.227 e. The van der Waals surface area contributed by atoms with Gasteiger partial charge in [-0.15, -0.1) is 6.42 Å². The number of likely N-dealkylation sites (tertiary alicyclic amines) is 2. The molecule has 8 rings (SSSR count). The Morgan fingerprint density at radius 1 is 0.789 bits per heavy atom. The van der Waals surface area contributed by atoms with Gasteiger partial charge < -0.3 is 34.2 Å². The number of hydrogen-bond acceptors (Lipinski definition) is 11. The Kier molecular flexibility index (Phi) is 13.6. The van der Waals surface area contributed by atoms with Gasteiger partial charge in [-0.1, -0.05) is 27.9 Å². The highest BCUT2D eigenvalue weighted by atomic mass is 79.9. The van der Waals surface area contributed by atoms with Crippen LogP contribution in [-0.2, 0) is 4.74 Å². The molecule has 0 spiro atoms. The smallest absolute Gasteiger partial charge is 0.227 e. The summed E-state index contributed by atoms with van der Waals surface area (Å²) >= 11 is 9.45. The van der Waals surface area contributed by atoms with Crippen LogP contribution in [0.25, 0.3) is 21.8 Å². The lowest BCUT2D eigenvalue weighted by atomic mass is 10.1. The molecule has 3 aliphatic rings. The van der Waals surface area contributed by atoms with Crippen molar-refractivity contribution >= 4 is 66.7 Å². The lowest BCUT2D eigenvalue weighted by Gasteiger charge is -2.34. The number of ether oxygens (including phenoxy) is 3. The average Bonchev–Trinajstić information content (AvgIpc) is 3.22. The standard InChI is InChI=1S/C28H33N5O2.C16H19BrClN3O/c1-4-21-16-22-19-29-28(30-23-6-5-7-24(18-23)33-12-14-34-15-13-33)31-27(22)26(17-21)35-25-8-10-32(11-9-25)20(2)3;1-10(2)21-5-3-13(4-6-21)22-14-8-12(17)7-11-9-19-16(18)20-15(11)14/h1,5-7,16-20,25H,8-15H2,2-3H3,(H,29,30,31);7-10,13H,3-6H2,1-2H3. The van der Waals surface area contributed by atoms with Gasteiger partial charge in [0.2, 0.25) is 11.2 Å². The number of halogens is 2. The molecule has 0 bridgehead atoms. The van der Waals surface area contributed by atoms with Crippen LogP contribution in [0.2, 0.25) is 5.28 Å². The first-order valence-electron chi connectivity index (χ1n) is 20.0. The zero-order valence-electron chi connectivity index (χ0n) is 33.3. The van der Waals surface area contributed by atoms with E-state index in [0.717, 1.165) is 133 Å². The number of rotatable bonds is 9. The van der Waals surface area contributed by atoms with Crippen LogP contribution in [0.15, 0.2) is 65.4 Å². The van der Waals surface area contributed by atoms with E-state index in [1.807, 2.05) is 42.6 Å². The fourth-order valence-corrected chi connectivity index (χ4v) is 8.19. The highest BCUT2D eigenvalue weighted by Gasteiger charge is 2.25. The normalized spacial score (nSPS) is 17.4. The largest absolute Gasteiger partial charge is 0.488 e. The van der Waals surface area contributed by atoms with E-state index in [1.165, 1.54) is 0 Å². The predicted octanol–water partition coefficient (Wildman–Crippen LogP) is 8.74. The molecular weight excluding hydrogens is 804 g/mol. The third-order valence-electron chi connectivity index (χ3n) is 10.9. The Hall–Kier alpha value is -4.25. The van der Waals surface area contributed by atoms with E-state index in [0.29, 0.717) is 18.0 Å². The second-order valence-electron chi connectivity index (χ2n) is 15.4. The van der Waals surface area contributed by atoms with Crippen molar-refractivity contribution in [3.05, 3.63) is 76.2 Å². The number of aromatic nitrogens is 4. The second kappa shape index (κ2) is 19.0. The number of benzene rings is 3. The van der Waals surface area contributed by atoms with Crippen molar-refractivity contribution in [3.63, 3.8) is 0 Å². The van der Waals surface area contributed by atoms with Crippen molar-refractivity contribution in [1.29, 1.82) is 0 Å². The number of piperidine rings is 2. The summed E-state index contributed by atoms with van der Waals surface area (Å²) in [6, 6.07) is 17.3. The number of nitrogens with zero attached hydrogens (tertiary/aromatic N) is 7. The number of fused-ring (bicyclic) bond motifs is 2. The molecular formula is C44H52BrClN8O3. The molecule has 0 radical (unpaired) electrons. The minimum Gasteiger partial charge on any atom is -0.488 e. The van der Waals surface area contributed by atoms with Gasteiger partial charge in [0.1, 0.15) is 34.7 Å². The lowest BCUT2D eigenvalue weighted by Crippen LogP contribution is -2.41. The Bertz CT molecular complexity index is 2180. The highest BCUT2D eigenvalue weighted by molar-refractivity contribution is 9.10. The molecule has 13 heteroatoms. The van der Waals surface area contributed by atoms with E-state index >= 15 is 0 Å². The van der Waals surface area contributed by atoms with Crippen LogP contribution in [0.1, 0.15) is 58.9 Å². The van der Waals surface area contributed by atoms with Crippen LogP contribution < -0.4 is 19.7 Å². The van der Waals surface area contributed by atoms with Crippen LogP contribution in [0.5, 0.6) is 11.5 Å². The molecule has 300 valence electrons. The van der Waals surface area contributed by atoms with Crippen molar-refractivity contribution in [1.82, 2.24) is 29.7 Å². The zero-order chi connectivity index (χ0) is 39.9. The molecule has 3 aliphatic heterocycles. The third-order valence-corrected chi connectivity index (χ3v) is 11.5. The van der Waals surface area contributed by atoms with E-state index in [-0.39, 0.29) is 17.5 Å². The molecule has 0 saturated carbocycles. The number of morpholine rings is 1. The number of anilines is 3. The quantitative estimate of drug-likeness (QED) is 0.114. The summed E-state index contributed by atoms with van der Waals surface area (Å²) in [6.07, 6.45) is 13.7. The van der Waals surface area contributed by atoms with E-state index in [4.69, 9.17) is 37.2 Å². The topological polar surface area (TPSA) is 101 Å². The highest BCUT2D eigenvalue weighted by Crippen LogP contribution is 2.33. The van der Waals surface area contributed by atoms with E-state index in [9.17, 15) is 0 Å². The van der Waals surface area contributed by atoms with Crippen molar-refractivity contribution in [2.75, 3.05) is 62.7 Å². The Morgan fingerprint density at radius 2 is 1.39 bits per heavy atom. The number of hydrogen-bond donors (Lipinski definition) is 1. The maximum atomic E-state index is 6.48. The minimum absolute atomic E-state index is 0.151. The molecule has 0 unspecified atom stereocenters. The van der Waals surface area contributed by atoms with Crippen molar-refractivity contribution in [2.45, 2.75) is 77.7 Å². The zero-order valence-corrected chi connectivity index (χ0v) is 35.6. The van der Waals surface area contributed by atoms with Gasteiger partial charge >= 0.3 is 0 Å². The number of terminal acetylenes is 1. The Morgan fingerprint density at radius 3 is 2.02 bits per heavy atom. The van der Waals surface area contributed by atoms with Gasteiger partial charge in [0.05, 0.1) is 13.2 Å². The predicted molar refractivity (Wildman–Crippen MR) is 233 cm³/mol. The van der Waals surface area contributed by atoms with E-state index in [1.54, 1.807) is 6.20 Å². The maximum absolute atomic E-state index is 6.48. The van der Waals surface area contributed by atoms with Crippen molar-refractivity contribution in [2.24, 2.45) is 0 Å². The first-order valence-corrected chi connectivity index (χ1v) is 21.2. The van der Waals surface area contributed by atoms with Crippen molar-refractivity contribution in [3.8, 4) is 23.8 Å². The van der Waals surface area contributed by atoms with Crippen LogP contribution >= 0.6 is 27.5 Å². The van der Waals surface area contributed by atoms with Crippen LogP contribution in [-0.4, -0.2) is 107 Å². The molecule has 3 aromatic carbocycles. The summed E-state index contributed by atoms with van der Waals surface area (Å²) in [5.41, 5.74) is 4.42. The molecule has 1 N–H and O–H groups in total.